The van der Waals surface area contributed by atoms with Crippen LogP contribution in [0.2, 0.25) is 0 Å². The first-order chi connectivity index (χ1) is 4.91. The second-order valence-corrected chi connectivity index (χ2v) is 2.82. The highest BCUT2D eigenvalue weighted by Gasteiger charge is 1.82. The van der Waals surface area contributed by atoms with Crippen molar-refractivity contribution in [1.82, 2.24) is 0 Å². The molecule has 0 heterocycles. The zero-order valence-electron chi connectivity index (χ0n) is 6.81. The van der Waals surface area contributed by atoms with Gasteiger partial charge >= 0.3 is 0 Å². The fourth-order valence-electron chi connectivity index (χ4n) is 0.875. The maximum absolute atomic E-state index is 4.77. The normalized spacial score (nSPS) is 11.0. The van der Waals surface area contributed by atoms with E-state index < -0.39 is 0 Å². The van der Waals surface area contributed by atoms with Gasteiger partial charge in [0.15, 0.2) is 0 Å². The van der Waals surface area contributed by atoms with Gasteiger partial charge in [-0.05, 0) is 12.8 Å². The van der Waals surface area contributed by atoms with E-state index in [0.717, 1.165) is 5.75 Å². The molecule has 0 spiro atoms. The van der Waals surface area contributed by atoms with Crippen molar-refractivity contribution in [2.24, 2.45) is 0 Å². The summed E-state index contributed by atoms with van der Waals surface area (Å²) in [5, 5.41) is 0. The van der Waals surface area contributed by atoms with Crippen molar-refractivity contribution in [3.63, 3.8) is 0 Å². The Bertz CT molecular complexity index is 76.8. The van der Waals surface area contributed by atoms with Gasteiger partial charge in [-0.25, -0.2) is 0 Å². The average molecular weight is 157 g/mol. The van der Waals surface area contributed by atoms with Gasteiger partial charge in [-0.1, -0.05) is 51.0 Å². The molecule has 0 atom stereocenters. The van der Waals surface area contributed by atoms with Crippen LogP contribution in [-0.2, 0) is 0 Å². The zero-order valence-corrected chi connectivity index (χ0v) is 7.62. The Morgan fingerprint density at radius 3 is 2.50 bits per heavy atom. The molecule has 10 heavy (non-hydrogen) atoms. The number of rotatable bonds is 6. The molecular formula is C9H17S. The predicted molar refractivity (Wildman–Crippen MR) is 50.4 cm³/mol. The third-order valence-corrected chi connectivity index (χ3v) is 1.68. The molecule has 0 rings (SSSR count). The Hall–Kier alpha value is 0.0900. The molecule has 0 aliphatic rings. The summed E-state index contributed by atoms with van der Waals surface area (Å²) in [5.41, 5.74) is 0. The van der Waals surface area contributed by atoms with Gasteiger partial charge in [0.05, 0.1) is 0 Å². The van der Waals surface area contributed by atoms with Gasteiger partial charge < -0.3 is 0 Å². The van der Waals surface area contributed by atoms with Gasteiger partial charge in [-0.3, -0.25) is 0 Å². The van der Waals surface area contributed by atoms with E-state index in [4.69, 9.17) is 12.6 Å². The second kappa shape index (κ2) is 9.09. The largest absolute Gasteiger partial charge is 0.0897 e. The molecule has 0 saturated heterocycles. The Morgan fingerprint density at radius 2 is 1.90 bits per heavy atom. The Labute approximate surface area is 70.1 Å². The van der Waals surface area contributed by atoms with E-state index in [9.17, 15) is 0 Å². The lowest BCUT2D eigenvalue weighted by atomic mass is 10.1. The molecule has 0 aliphatic heterocycles. The lowest BCUT2D eigenvalue weighted by Gasteiger charge is -1.92. The van der Waals surface area contributed by atoms with E-state index in [1.54, 1.807) is 0 Å². The van der Waals surface area contributed by atoms with Crippen molar-refractivity contribution in [2.75, 3.05) is 5.75 Å². The first kappa shape index (κ1) is 10.1. The second-order valence-electron chi connectivity index (χ2n) is 2.49. The SMILES string of the molecule is CCCCCCC=CC[S]. The van der Waals surface area contributed by atoms with Crippen LogP contribution >= 0.6 is 12.6 Å². The maximum atomic E-state index is 4.77. The fourth-order valence-corrected chi connectivity index (χ4v) is 1.01. The lowest BCUT2D eigenvalue weighted by Crippen LogP contribution is -1.73. The standard InChI is InChI=1S/C9H17S/c1-2-3-4-5-6-7-8-9-10/h7-8H,2-6,9H2,1H3. The molecule has 0 unspecified atom stereocenters. The highest BCUT2D eigenvalue weighted by molar-refractivity contribution is 7.80. The summed E-state index contributed by atoms with van der Waals surface area (Å²) in [6.07, 6.45) is 10.9. The molecule has 59 valence electrons. The summed E-state index contributed by atoms with van der Waals surface area (Å²) in [4.78, 5) is 0. The van der Waals surface area contributed by atoms with E-state index >= 15 is 0 Å². The highest BCUT2D eigenvalue weighted by Crippen LogP contribution is 2.02. The monoisotopic (exact) mass is 157 g/mol. The quantitative estimate of drug-likeness (QED) is 0.407. The van der Waals surface area contributed by atoms with Crippen molar-refractivity contribution >= 4 is 12.6 Å². The van der Waals surface area contributed by atoms with E-state index in [0.29, 0.717) is 0 Å². The zero-order chi connectivity index (χ0) is 7.66. The molecule has 1 heteroatoms. The molecule has 0 bridgehead atoms. The Kier molecular flexibility index (Phi) is 9.17. The molecule has 0 aromatic heterocycles. The van der Waals surface area contributed by atoms with E-state index in [-0.39, 0.29) is 0 Å². The molecule has 0 nitrogen and oxygen atoms in total. The first-order valence-electron chi connectivity index (χ1n) is 4.15. The summed E-state index contributed by atoms with van der Waals surface area (Å²) in [6, 6.07) is 0. The predicted octanol–water partition coefficient (Wildman–Crippen LogP) is 3.71. The van der Waals surface area contributed by atoms with E-state index in [2.05, 4.69) is 19.1 Å². The minimum Gasteiger partial charge on any atom is -0.0897 e. The van der Waals surface area contributed by atoms with Crippen LogP contribution in [0, 0.1) is 0 Å². The van der Waals surface area contributed by atoms with Gasteiger partial charge in [-0.15, -0.1) is 0 Å². The van der Waals surface area contributed by atoms with Crippen LogP contribution in [0.15, 0.2) is 12.2 Å². The van der Waals surface area contributed by atoms with Crippen LogP contribution in [0.4, 0.5) is 0 Å². The molecule has 0 aliphatic carbocycles. The Morgan fingerprint density at radius 1 is 1.10 bits per heavy atom. The van der Waals surface area contributed by atoms with Crippen LogP contribution in [0.3, 0.4) is 0 Å². The molecular weight excluding hydrogens is 140 g/mol. The van der Waals surface area contributed by atoms with Crippen molar-refractivity contribution < 1.29 is 0 Å². The Balaban J connectivity index is 2.83. The van der Waals surface area contributed by atoms with Crippen LogP contribution in [-0.4, -0.2) is 5.75 Å². The topological polar surface area (TPSA) is 0 Å². The van der Waals surface area contributed by atoms with E-state index in [1.165, 1.54) is 32.1 Å². The number of hydrogen-bond donors (Lipinski definition) is 0. The summed E-state index contributed by atoms with van der Waals surface area (Å²) in [6.45, 7) is 2.24. The molecule has 0 fully saturated rings. The minimum absolute atomic E-state index is 0.772. The van der Waals surface area contributed by atoms with Gasteiger partial charge in [0, 0.05) is 5.75 Å². The number of hydrogen-bond acceptors (Lipinski definition) is 0. The third-order valence-electron chi connectivity index (χ3n) is 1.49. The lowest BCUT2D eigenvalue weighted by molar-refractivity contribution is 0.674. The average Bonchev–Trinajstić information content (AvgIpc) is 1.97. The number of unbranched alkanes of at least 4 members (excludes halogenated alkanes) is 4. The van der Waals surface area contributed by atoms with E-state index in [1.807, 2.05) is 0 Å². The van der Waals surface area contributed by atoms with Crippen molar-refractivity contribution in [3.8, 4) is 0 Å². The molecule has 1 radical (unpaired) electrons. The van der Waals surface area contributed by atoms with Gasteiger partial charge in [0.2, 0.25) is 0 Å². The van der Waals surface area contributed by atoms with Crippen molar-refractivity contribution in [3.05, 3.63) is 12.2 Å². The van der Waals surface area contributed by atoms with Crippen LogP contribution in [0.5, 0.6) is 0 Å². The smallest absolute Gasteiger partial charge is 0.0217 e. The molecule has 0 aromatic rings. The van der Waals surface area contributed by atoms with Crippen LogP contribution in [0.1, 0.15) is 39.0 Å². The summed E-state index contributed by atoms with van der Waals surface area (Å²) >= 11 is 4.77. The van der Waals surface area contributed by atoms with Crippen molar-refractivity contribution in [2.45, 2.75) is 39.0 Å². The summed E-state index contributed by atoms with van der Waals surface area (Å²) in [7, 11) is 0. The highest BCUT2D eigenvalue weighted by atomic mass is 32.1. The third kappa shape index (κ3) is 8.09. The molecule has 0 amide bonds. The van der Waals surface area contributed by atoms with Gasteiger partial charge in [0.1, 0.15) is 0 Å². The van der Waals surface area contributed by atoms with Gasteiger partial charge in [0.25, 0.3) is 0 Å². The van der Waals surface area contributed by atoms with Crippen LogP contribution < -0.4 is 0 Å². The molecule has 0 aromatic carbocycles. The summed E-state index contributed by atoms with van der Waals surface area (Å²) < 4.78 is 0. The number of allylic oxidation sites excluding steroid dienone is 1. The minimum atomic E-state index is 0.772. The first-order valence-corrected chi connectivity index (χ1v) is 4.72. The fraction of sp³-hybridized carbons (Fsp3) is 0.778. The molecule has 0 saturated carbocycles. The van der Waals surface area contributed by atoms with Crippen LogP contribution in [0.25, 0.3) is 0 Å². The maximum Gasteiger partial charge on any atom is 0.0217 e. The van der Waals surface area contributed by atoms with Gasteiger partial charge in [-0.2, -0.15) is 0 Å². The molecule has 0 N–H and O–H groups in total. The van der Waals surface area contributed by atoms with Crippen molar-refractivity contribution in [1.29, 1.82) is 0 Å². The summed E-state index contributed by atoms with van der Waals surface area (Å²) in [5.74, 6) is 0.772.